The molecule has 0 saturated carbocycles. The Kier molecular flexibility index (Phi) is 2.03. The summed E-state index contributed by atoms with van der Waals surface area (Å²) in [7, 11) is 0. The Morgan fingerprint density at radius 1 is 1.90 bits per heavy atom. The molecule has 1 fully saturated rings. The molecular weight excluding hydrogens is 130 g/mol. The number of hydrazine groups is 1. The zero-order chi connectivity index (χ0) is 7.56. The third kappa shape index (κ3) is 1.17. The first kappa shape index (κ1) is 7.24. The Balaban J connectivity index is 2.54. The van der Waals surface area contributed by atoms with Crippen molar-refractivity contribution in [1.29, 1.82) is 0 Å². The highest BCUT2D eigenvalue weighted by atomic mass is 16.2. The van der Waals surface area contributed by atoms with Gasteiger partial charge in [-0.15, -0.1) is 0 Å². The highest BCUT2D eigenvalue weighted by Gasteiger charge is 2.22. The number of nitrogens with zero attached hydrogens (tertiary/aromatic N) is 1. The number of carbonyl (C=O) groups excluding carboxylic acids is 1. The number of nitrogens with two attached hydrogens (primary N) is 1. The average Bonchev–Trinajstić information content (AvgIpc) is 2.34. The van der Waals surface area contributed by atoms with E-state index in [2.05, 4.69) is 12.0 Å². The minimum Gasteiger partial charge on any atom is -0.307 e. The first-order valence-corrected chi connectivity index (χ1v) is 3.19. The lowest BCUT2D eigenvalue weighted by atomic mass is 10.4. The summed E-state index contributed by atoms with van der Waals surface area (Å²) in [5.41, 5.74) is 8.34. The monoisotopic (exact) mass is 141 g/mol. The molecule has 1 amide bonds. The minimum absolute atomic E-state index is 0.0346. The Hall–Kier alpha value is -0.870. The standard InChI is InChI=1S/C6H11N3O/c1-2-5(7)9-6(10)3-4-8-9/h2,5,8H,1,3-4,7H2. The van der Waals surface area contributed by atoms with Gasteiger partial charge in [-0.1, -0.05) is 12.7 Å². The van der Waals surface area contributed by atoms with Gasteiger partial charge in [-0.3, -0.25) is 9.80 Å². The molecule has 0 bridgehead atoms. The van der Waals surface area contributed by atoms with Crippen LogP contribution in [0.2, 0.25) is 0 Å². The van der Waals surface area contributed by atoms with E-state index in [1.54, 1.807) is 0 Å². The maximum Gasteiger partial charge on any atom is 0.239 e. The molecule has 56 valence electrons. The quantitative estimate of drug-likeness (QED) is 0.495. The molecular formula is C6H11N3O. The fourth-order valence-corrected chi connectivity index (χ4v) is 0.869. The van der Waals surface area contributed by atoms with Gasteiger partial charge in [0.25, 0.3) is 0 Å². The van der Waals surface area contributed by atoms with E-state index in [0.717, 1.165) is 0 Å². The van der Waals surface area contributed by atoms with E-state index >= 15 is 0 Å². The molecule has 1 aliphatic heterocycles. The summed E-state index contributed by atoms with van der Waals surface area (Å²) in [4.78, 5) is 10.9. The second-order valence-electron chi connectivity index (χ2n) is 2.15. The van der Waals surface area contributed by atoms with Crippen molar-refractivity contribution >= 4 is 5.91 Å². The highest BCUT2D eigenvalue weighted by molar-refractivity contribution is 5.78. The maximum atomic E-state index is 10.9. The second kappa shape index (κ2) is 2.81. The Morgan fingerprint density at radius 3 is 3.00 bits per heavy atom. The average molecular weight is 141 g/mol. The molecule has 4 nitrogen and oxygen atoms in total. The van der Waals surface area contributed by atoms with E-state index in [1.165, 1.54) is 11.1 Å². The van der Waals surface area contributed by atoms with Crippen molar-refractivity contribution in [2.45, 2.75) is 12.6 Å². The molecule has 1 aliphatic rings. The molecule has 1 atom stereocenters. The molecule has 3 N–H and O–H groups in total. The lowest BCUT2D eigenvalue weighted by molar-refractivity contribution is -0.130. The zero-order valence-corrected chi connectivity index (χ0v) is 5.71. The summed E-state index contributed by atoms with van der Waals surface area (Å²) in [6.45, 7) is 4.16. The van der Waals surface area contributed by atoms with Crippen LogP contribution in [-0.4, -0.2) is 23.6 Å². The van der Waals surface area contributed by atoms with Crippen LogP contribution in [0, 0.1) is 0 Å². The van der Waals surface area contributed by atoms with Crippen LogP contribution in [0.4, 0.5) is 0 Å². The first-order valence-electron chi connectivity index (χ1n) is 3.19. The first-order chi connectivity index (χ1) is 4.75. The van der Waals surface area contributed by atoms with Crippen LogP contribution in [-0.2, 0) is 4.79 Å². The molecule has 1 rings (SSSR count). The van der Waals surface area contributed by atoms with E-state index in [4.69, 9.17) is 5.73 Å². The van der Waals surface area contributed by atoms with Gasteiger partial charge in [0, 0.05) is 13.0 Å². The van der Waals surface area contributed by atoms with Crippen molar-refractivity contribution in [2.75, 3.05) is 6.54 Å². The van der Waals surface area contributed by atoms with E-state index in [-0.39, 0.29) is 5.91 Å². The van der Waals surface area contributed by atoms with Gasteiger partial charge in [0.05, 0.1) is 0 Å². The molecule has 1 unspecified atom stereocenters. The molecule has 0 aromatic rings. The molecule has 10 heavy (non-hydrogen) atoms. The van der Waals surface area contributed by atoms with Crippen LogP contribution in [0.1, 0.15) is 6.42 Å². The van der Waals surface area contributed by atoms with Gasteiger partial charge in [-0.25, -0.2) is 5.43 Å². The molecule has 0 aromatic carbocycles. The van der Waals surface area contributed by atoms with Crippen molar-refractivity contribution in [3.05, 3.63) is 12.7 Å². The normalized spacial score (nSPS) is 21.3. The molecule has 1 saturated heterocycles. The lowest BCUT2D eigenvalue weighted by Gasteiger charge is -2.19. The molecule has 0 spiro atoms. The van der Waals surface area contributed by atoms with Gasteiger partial charge in [0.1, 0.15) is 6.17 Å². The van der Waals surface area contributed by atoms with Gasteiger partial charge in [0.15, 0.2) is 0 Å². The summed E-state index contributed by atoms with van der Waals surface area (Å²) >= 11 is 0. The number of amides is 1. The van der Waals surface area contributed by atoms with Crippen LogP contribution in [0.15, 0.2) is 12.7 Å². The van der Waals surface area contributed by atoms with Crippen molar-refractivity contribution in [2.24, 2.45) is 5.73 Å². The van der Waals surface area contributed by atoms with Crippen molar-refractivity contribution < 1.29 is 4.79 Å². The summed E-state index contributed by atoms with van der Waals surface area (Å²) in [5.74, 6) is 0.0346. The largest absolute Gasteiger partial charge is 0.307 e. The number of carbonyl (C=O) groups is 1. The van der Waals surface area contributed by atoms with E-state index < -0.39 is 6.17 Å². The van der Waals surface area contributed by atoms with E-state index in [0.29, 0.717) is 13.0 Å². The molecule has 0 aliphatic carbocycles. The summed E-state index contributed by atoms with van der Waals surface area (Å²) in [5, 5.41) is 1.40. The van der Waals surface area contributed by atoms with Gasteiger partial charge in [-0.05, 0) is 0 Å². The van der Waals surface area contributed by atoms with Crippen molar-refractivity contribution in [3.8, 4) is 0 Å². The van der Waals surface area contributed by atoms with Crippen LogP contribution in [0.3, 0.4) is 0 Å². The predicted molar refractivity (Wildman–Crippen MR) is 37.6 cm³/mol. The molecule has 0 aromatic heterocycles. The van der Waals surface area contributed by atoms with Crippen LogP contribution in [0.5, 0.6) is 0 Å². The third-order valence-corrected chi connectivity index (χ3v) is 1.43. The summed E-state index contributed by atoms with van der Waals surface area (Å²) in [6, 6.07) is 0. The van der Waals surface area contributed by atoms with Crippen molar-refractivity contribution in [1.82, 2.24) is 10.4 Å². The number of hydrogen-bond acceptors (Lipinski definition) is 3. The fourth-order valence-electron chi connectivity index (χ4n) is 0.869. The third-order valence-electron chi connectivity index (χ3n) is 1.43. The lowest BCUT2D eigenvalue weighted by Crippen LogP contribution is -2.47. The van der Waals surface area contributed by atoms with Crippen molar-refractivity contribution in [3.63, 3.8) is 0 Å². The minimum atomic E-state index is -0.394. The van der Waals surface area contributed by atoms with Gasteiger partial charge in [-0.2, -0.15) is 0 Å². The Morgan fingerprint density at radius 2 is 2.60 bits per heavy atom. The summed E-state index contributed by atoms with van der Waals surface area (Å²) in [6.07, 6.45) is 1.66. The molecule has 0 radical (unpaired) electrons. The molecule has 1 heterocycles. The van der Waals surface area contributed by atoms with Gasteiger partial charge >= 0.3 is 0 Å². The number of hydrogen-bond donors (Lipinski definition) is 2. The SMILES string of the molecule is C=CC(N)N1NCCC1=O. The summed E-state index contributed by atoms with van der Waals surface area (Å²) < 4.78 is 0. The number of rotatable bonds is 2. The van der Waals surface area contributed by atoms with Crippen LogP contribution >= 0.6 is 0 Å². The van der Waals surface area contributed by atoms with Gasteiger partial charge in [0.2, 0.25) is 5.91 Å². The zero-order valence-electron chi connectivity index (χ0n) is 5.71. The second-order valence-corrected chi connectivity index (χ2v) is 2.15. The highest BCUT2D eigenvalue weighted by Crippen LogP contribution is 2.01. The maximum absolute atomic E-state index is 10.9. The van der Waals surface area contributed by atoms with Gasteiger partial charge < -0.3 is 5.73 Å². The smallest absolute Gasteiger partial charge is 0.239 e. The topological polar surface area (TPSA) is 58.4 Å². The van der Waals surface area contributed by atoms with Crippen LogP contribution in [0.25, 0.3) is 0 Å². The Labute approximate surface area is 59.6 Å². The van der Waals surface area contributed by atoms with E-state index in [1.807, 2.05) is 0 Å². The fraction of sp³-hybridized carbons (Fsp3) is 0.500. The number of nitrogens with one attached hydrogen (secondary N) is 1. The van der Waals surface area contributed by atoms with Crippen LogP contribution < -0.4 is 11.2 Å². The molecule has 4 heteroatoms. The van der Waals surface area contributed by atoms with E-state index in [9.17, 15) is 4.79 Å². The Bertz CT molecular complexity index is 157. The predicted octanol–water partition coefficient (Wildman–Crippen LogP) is -0.806.